The Kier molecular flexibility index (Phi) is 10.4. The molecule has 1 aromatic heterocycles. The number of rotatable bonds is 9. The second-order valence-corrected chi connectivity index (χ2v) is 16.8. The van der Waals surface area contributed by atoms with E-state index in [0.29, 0.717) is 16.8 Å². The molecule has 3 fully saturated rings. The van der Waals surface area contributed by atoms with Crippen molar-refractivity contribution in [2.75, 3.05) is 25.0 Å². The van der Waals surface area contributed by atoms with Gasteiger partial charge in [0.15, 0.2) is 10.8 Å². The number of piperazine rings is 1. The van der Waals surface area contributed by atoms with E-state index in [1.165, 1.54) is 13.8 Å². The molecule has 0 bridgehead atoms. The van der Waals surface area contributed by atoms with Gasteiger partial charge in [-0.25, -0.2) is 25.2 Å². The fourth-order valence-corrected chi connectivity index (χ4v) is 7.36. The normalized spacial score (nSPS) is 22.9. The summed E-state index contributed by atoms with van der Waals surface area (Å²) in [6, 6.07) is -1.34. The van der Waals surface area contributed by atoms with Crippen molar-refractivity contribution in [1.29, 1.82) is 0 Å². The Morgan fingerprint density at radius 1 is 1.02 bits per heavy atom. The third kappa shape index (κ3) is 7.89. The van der Waals surface area contributed by atoms with Crippen LogP contribution in [0, 0.1) is 0 Å². The molecule has 19 nitrogen and oxygen atoms in total. The molecule has 274 valence electrons. The number of nitrogens with zero attached hydrogens (tertiary/aromatic N) is 5. The Labute approximate surface area is 299 Å². The summed E-state index contributed by atoms with van der Waals surface area (Å²) in [5, 5.41) is 18.6. The van der Waals surface area contributed by atoms with E-state index >= 15 is 0 Å². The Hall–Kier alpha value is -4.21. The molecule has 3 aliphatic rings. The SMILES string of the molecule is CC(C)(C)OC(=O)Nc1nc(/C(=N/OC(C)(C)C(=O)OC(C)(C)C)C(=O)N[C@@H]2C(=O)N3C[C@@](C(=O)O)(N4CCN(N)C(=O)C4=O)S[C@H]23)c(Cl)s1. The number of nitrogens with one attached hydrogen (secondary N) is 2. The van der Waals surface area contributed by atoms with Crippen molar-refractivity contribution >= 4 is 87.2 Å². The number of thiazole rings is 1. The molecule has 0 aliphatic carbocycles. The van der Waals surface area contributed by atoms with Gasteiger partial charge >= 0.3 is 29.8 Å². The molecule has 3 aliphatic heterocycles. The summed E-state index contributed by atoms with van der Waals surface area (Å²) in [5.74, 6) is -0.820. The number of nitrogens with two attached hydrogens (primary N) is 1. The Morgan fingerprint density at radius 3 is 2.22 bits per heavy atom. The number of carbonyl (C=O) groups is 7. The number of anilines is 1. The van der Waals surface area contributed by atoms with E-state index in [9.17, 15) is 38.7 Å². The monoisotopic (exact) mass is 760 g/mol. The largest absolute Gasteiger partial charge is 0.479 e. The van der Waals surface area contributed by atoms with Crippen molar-refractivity contribution in [3.8, 4) is 0 Å². The quantitative estimate of drug-likeness (QED) is 0.0515. The van der Waals surface area contributed by atoms with Crippen molar-refractivity contribution in [2.45, 2.75) is 88.5 Å². The van der Waals surface area contributed by atoms with Gasteiger partial charge in [0.25, 0.3) is 5.91 Å². The van der Waals surface area contributed by atoms with Crippen molar-refractivity contribution in [1.82, 2.24) is 25.1 Å². The summed E-state index contributed by atoms with van der Waals surface area (Å²) < 4.78 is 10.5. The predicted molar refractivity (Wildman–Crippen MR) is 178 cm³/mol. The maximum Gasteiger partial charge on any atom is 0.413 e. The van der Waals surface area contributed by atoms with Crippen LogP contribution in [0.3, 0.4) is 0 Å². The Bertz CT molecular complexity index is 1670. The molecule has 22 heteroatoms. The van der Waals surface area contributed by atoms with Crippen molar-refractivity contribution in [3.05, 3.63) is 10.0 Å². The van der Waals surface area contributed by atoms with Crippen LogP contribution in [0.5, 0.6) is 0 Å². The molecule has 50 heavy (non-hydrogen) atoms. The number of fused-ring (bicyclic) bond motifs is 1. The van der Waals surface area contributed by atoms with Gasteiger partial charge in [-0.15, -0.1) is 0 Å². The molecule has 4 heterocycles. The number of carboxylic acids is 1. The van der Waals surface area contributed by atoms with E-state index in [-0.39, 0.29) is 28.3 Å². The molecule has 5 amide bonds. The minimum absolute atomic E-state index is 0.0913. The molecule has 0 spiro atoms. The van der Waals surface area contributed by atoms with E-state index in [4.69, 9.17) is 31.8 Å². The fourth-order valence-electron chi connectivity index (χ4n) is 4.69. The first kappa shape index (κ1) is 38.6. The summed E-state index contributed by atoms with van der Waals surface area (Å²) in [4.78, 5) is 99.6. The lowest BCUT2D eigenvalue weighted by atomic mass is 10.0. The molecular formula is C28H37ClN8O11S2. The highest BCUT2D eigenvalue weighted by atomic mass is 35.5. The average Bonchev–Trinajstić information content (AvgIpc) is 3.51. The lowest BCUT2D eigenvalue weighted by molar-refractivity contribution is -0.179. The first-order valence-electron chi connectivity index (χ1n) is 14.9. The minimum atomic E-state index is -2.05. The first-order chi connectivity index (χ1) is 22.9. The summed E-state index contributed by atoms with van der Waals surface area (Å²) in [7, 11) is 0. The third-order valence-corrected chi connectivity index (χ3v) is 9.89. The molecule has 3 atom stereocenters. The molecule has 3 saturated heterocycles. The van der Waals surface area contributed by atoms with Gasteiger partial charge in [0.2, 0.25) is 16.4 Å². The number of hydrogen-bond acceptors (Lipinski definition) is 15. The number of amides is 5. The van der Waals surface area contributed by atoms with Crippen LogP contribution in [0.25, 0.3) is 0 Å². The van der Waals surface area contributed by atoms with E-state index in [1.54, 1.807) is 41.5 Å². The first-order valence-corrected chi connectivity index (χ1v) is 17.0. The number of β-lactam (4-membered cyclic amide) rings is 1. The lowest BCUT2D eigenvalue weighted by Crippen LogP contribution is -2.69. The van der Waals surface area contributed by atoms with E-state index < -0.39 is 87.0 Å². The van der Waals surface area contributed by atoms with E-state index in [1.807, 2.05) is 0 Å². The summed E-state index contributed by atoms with van der Waals surface area (Å²) in [6.07, 6.45) is -0.867. The fraction of sp³-hybridized carbons (Fsp3) is 0.607. The van der Waals surface area contributed by atoms with Gasteiger partial charge in [0.1, 0.15) is 32.6 Å². The predicted octanol–water partition coefficient (Wildman–Crippen LogP) is 0.710. The van der Waals surface area contributed by atoms with Crippen LogP contribution in [-0.2, 0) is 43.1 Å². The van der Waals surface area contributed by atoms with Gasteiger partial charge in [-0.05, 0) is 55.4 Å². The topological polar surface area (TPSA) is 252 Å². The van der Waals surface area contributed by atoms with Crippen LogP contribution in [0.15, 0.2) is 5.16 Å². The molecule has 0 aromatic carbocycles. The number of halogens is 1. The second-order valence-electron chi connectivity index (χ2n) is 13.8. The maximum absolute atomic E-state index is 13.8. The highest BCUT2D eigenvalue weighted by Crippen LogP contribution is 2.49. The van der Waals surface area contributed by atoms with Gasteiger partial charge in [-0.1, -0.05) is 39.9 Å². The van der Waals surface area contributed by atoms with E-state index in [2.05, 4.69) is 20.8 Å². The van der Waals surface area contributed by atoms with E-state index in [0.717, 1.165) is 21.1 Å². The van der Waals surface area contributed by atoms with Gasteiger partial charge < -0.3 is 34.5 Å². The van der Waals surface area contributed by atoms with Gasteiger partial charge in [-0.2, -0.15) is 0 Å². The van der Waals surface area contributed by atoms with Crippen LogP contribution >= 0.6 is 34.7 Å². The standard InChI is InChI=1S/C28H37ClN8O11S2/c1-25(2,3)46-22(44)27(7,8)48-34-13(12-15(29)49-23(32-12)33-24(45)47-26(4,5)6)16(38)31-14-17(39)35-11-28(21(42)43,50-20(14)35)36-9-10-37(30)19(41)18(36)40/h14,20H,9-11,30H2,1-8H3,(H,31,38)(H,42,43)(H,32,33,45)/b34-13-/t14-,20-,28-/m1/s1. The van der Waals surface area contributed by atoms with Gasteiger partial charge in [-0.3, -0.25) is 29.5 Å². The number of esters is 1. The Balaban J connectivity index is 1.62. The van der Waals surface area contributed by atoms with Crippen molar-refractivity contribution < 1.29 is 53.0 Å². The third-order valence-electron chi connectivity index (χ3n) is 7.04. The number of carbonyl (C=O) groups excluding carboxylic acids is 6. The molecule has 1 aromatic rings. The molecular weight excluding hydrogens is 724 g/mol. The number of aliphatic carboxylic acids is 1. The van der Waals surface area contributed by atoms with Crippen LogP contribution in [0.4, 0.5) is 9.93 Å². The number of thioether (sulfide) groups is 1. The average molecular weight is 761 g/mol. The smallest absolute Gasteiger partial charge is 0.413 e. The molecule has 5 N–H and O–H groups in total. The number of oxime groups is 1. The molecule has 0 radical (unpaired) electrons. The zero-order valence-electron chi connectivity index (χ0n) is 28.3. The second kappa shape index (κ2) is 13.5. The molecule has 0 saturated carbocycles. The van der Waals surface area contributed by atoms with Crippen LogP contribution < -0.4 is 16.5 Å². The van der Waals surface area contributed by atoms with Crippen molar-refractivity contribution in [3.63, 3.8) is 0 Å². The minimum Gasteiger partial charge on any atom is -0.479 e. The summed E-state index contributed by atoms with van der Waals surface area (Å²) in [6.45, 7) is 11.7. The van der Waals surface area contributed by atoms with Crippen LogP contribution in [-0.4, -0.2) is 125 Å². The zero-order chi connectivity index (χ0) is 37.7. The highest BCUT2D eigenvalue weighted by Gasteiger charge is 2.66. The van der Waals surface area contributed by atoms with Gasteiger partial charge in [0, 0.05) is 6.54 Å². The van der Waals surface area contributed by atoms with Gasteiger partial charge in [0.05, 0.1) is 13.1 Å². The highest BCUT2D eigenvalue weighted by molar-refractivity contribution is 8.02. The summed E-state index contributed by atoms with van der Waals surface area (Å²) >= 11 is 7.87. The number of carboxylic acid groups (broad SMARTS) is 1. The van der Waals surface area contributed by atoms with Crippen molar-refractivity contribution in [2.24, 2.45) is 11.0 Å². The number of hydrazine groups is 1. The zero-order valence-corrected chi connectivity index (χ0v) is 30.7. The number of ether oxygens (including phenoxy) is 2. The molecule has 4 rings (SSSR count). The maximum atomic E-state index is 13.8. The number of hydrogen-bond donors (Lipinski definition) is 4. The number of aromatic nitrogens is 1. The Morgan fingerprint density at radius 2 is 1.64 bits per heavy atom. The van der Waals surface area contributed by atoms with Crippen LogP contribution in [0.1, 0.15) is 61.1 Å². The lowest BCUT2D eigenvalue weighted by Gasteiger charge is -2.41. The van der Waals surface area contributed by atoms with Crippen LogP contribution in [0.2, 0.25) is 4.34 Å². The summed E-state index contributed by atoms with van der Waals surface area (Å²) in [5.41, 5.74) is -4.39. The molecule has 0 unspecified atom stereocenters.